The van der Waals surface area contributed by atoms with E-state index in [1.165, 1.54) is 13.4 Å². The maximum atomic E-state index is 12.2. The quantitative estimate of drug-likeness (QED) is 0.893. The molecule has 7 heteroatoms. The number of nitrogens with one attached hydrogen (secondary N) is 1. The number of anilines is 2. The van der Waals surface area contributed by atoms with Gasteiger partial charge in [0.15, 0.2) is 0 Å². The zero-order chi connectivity index (χ0) is 17.6. The van der Waals surface area contributed by atoms with Gasteiger partial charge < -0.3 is 15.0 Å². The van der Waals surface area contributed by atoms with Gasteiger partial charge in [-0.3, -0.25) is 9.59 Å². The molecule has 0 unspecified atom stereocenters. The maximum Gasteiger partial charge on any atom is 0.252 e. The van der Waals surface area contributed by atoms with Gasteiger partial charge in [-0.25, -0.2) is 9.97 Å². The van der Waals surface area contributed by atoms with Gasteiger partial charge in [-0.1, -0.05) is 6.07 Å². The number of benzene rings is 1. The van der Waals surface area contributed by atoms with E-state index in [0.717, 1.165) is 29.7 Å². The second kappa shape index (κ2) is 7.85. The number of nitrogens with zero attached hydrogens (tertiary/aromatic N) is 3. The lowest BCUT2D eigenvalue weighted by Gasteiger charge is -2.29. The van der Waals surface area contributed by atoms with E-state index >= 15 is 0 Å². The number of hydrogen-bond donors (Lipinski definition) is 1. The van der Waals surface area contributed by atoms with E-state index in [4.69, 9.17) is 4.74 Å². The zero-order valence-electron chi connectivity index (χ0n) is 14.1. The molecule has 25 heavy (non-hydrogen) atoms. The van der Waals surface area contributed by atoms with E-state index < -0.39 is 0 Å². The molecule has 0 spiro atoms. The van der Waals surface area contributed by atoms with Gasteiger partial charge in [-0.15, -0.1) is 0 Å². The molecular weight excluding hydrogens is 320 g/mol. The number of fused-ring (bicyclic) bond motifs is 1. The van der Waals surface area contributed by atoms with Gasteiger partial charge in [0.05, 0.1) is 6.42 Å². The van der Waals surface area contributed by atoms with Gasteiger partial charge in [-0.2, -0.15) is 0 Å². The fraction of sp³-hybridized carbons (Fsp3) is 0.333. The molecule has 1 aromatic heterocycles. The van der Waals surface area contributed by atoms with Crippen LogP contribution in [0.25, 0.3) is 0 Å². The second-order valence-electron chi connectivity index (χ2n) is 5.90. The molecule has 2 aromatic rings. The fourth-order valence-electron chi connectivity index (χ4n) is 2.92. The largest absolute Gasteiger partial charge is 0.375 e. The van der Waals surface area contributed by atoms with Gasteiger partial charge in [-0.05, 0) is 36.1 Å². The Morgan fingerprint density at radius 1 is 1.28 bits per heavy atom. The maximum absolute atomic E-state index is 12.2. The normalized spacial score (nSPS) is 13.2. The molecule has 1 aliphatic heterocycles. The van der Waals surface area contributed by atoms with Crippen LogP contribution in [0.3, 0.4) is 0 Å². The van der Waals surface area contributed by atoms with Crippen LogP contribution in [0.2, 0.25) is 0 Å². The minimum Gasteiger partial charge on any atom is -0.375 e. The van der Waals surface area contributed by atoms with Crippen molar-refractivity contribution < 1.29 is 14.3 Å². The van der Waals surface area contributed by atoms with Crippen LogP contribution in [0.15, 0.2) is 36.9 Å². The molecule has 0 bridgehead atoms. The number of amides is 2. The third kappa shape index (κ3) is 4.19. The van der Waals surface area contributed by atoms with Crippen molar-refractivity contribution in [2.75, 3.05) is 30.5 Å². The van der Waals surface area contributed by atoms with E-state index in [1.807, 2.05) is 18.2 Å². The molecule has 0 saturated carbocycles. The van der Waals surface area contributed by atoms with Crippen molar-refractivity contribution in [3.8, 4) is 0 Å². The van der Waals surface area contributed by atoms with Crippen LogP contribution >= 0.6 is 0 Å². The highest BCUT2D eigenvalue weighted by atomic mass is 16.5. The summed E-state index contributed by atoms with van der Waals surface area (Å²) in [5.74, 6) is -0.228. The Labute approximate surface area is 146 Å². The molecule has 2 amide bonds. The number of rotatable bonds is 5. The number of aryl methyl sites for hydroxylation is 1. The highest BCUT2D eigenvalue weighted by Crippen LogP contribution is 2.30. The summed E-state index contributed by atoms with van der Waals surface area (Å²) in [6.07, 6.45) is 6.69. The van der Waals surface area contributed by atoms with Gasteiger partial charge in [0.2, 0.25) is 5.91 Å². The van der Waals surface area contributed by atoms with Crippen LogP contribution in [-0.2, 0) is 27.2 Å². The average molecular weight is 340 g/mol. The number of ether oxygens (including phenoxy) is 1. The Bertz CT molecular complexity index is 764. The molecule has 130 valence electrons. The van der Waals surface area contributed by atoms with Crippen LogP contribution in [0, 0.1) is 0 Å². The number of methoxy groups -OCH3 is 1. The standard InChI is InChI=1S/C18H20N4O3/c1-25-11-18(24)22-6-2-3-14-4-5-15(8-16(14)22)21-17(23)7-13-9-19-12-20-10-13/h4-5,8-10,12H,2-3,6-7,11H2,1H3,(H,21,23). The van der Waals surface area contributed by atoms with Crippen LogP contribution < -0.4 is 10.2 Å². The van der Waals surface area contributed by atoms with Gasteiger partial charge in [0, 0.05) is 37.4 Å². The van der Waals surface area contributed by atoms with Crippen molar-refractivity contribution in [3.05, 3.63) is 48.0 Å². The van der Waals surface area contributed by atoms with Crippen molar-refractivity contribution in [1.82, 2.24) is 9.97 Å². The molecule has 0 radical (unpaired) electrons. The smallest absolute Gasteiger partial charge is 0.252 e. The van der Waals surface area contributed by atoms with Crippen LogP contribution in [0.1, 0.15) is 17.5 Å². The molecule has 1 aromatic carbocycles. The van der Waals surface area contributed by atoms with E-state index in [2.05, 4.69) is 15.3 Å². The third-order valence-corrected chi connectivity index (χ3v) is 4.04. The summed E-state index contributed by atoms with van der Waals surface area (Å²) in [4.78, 5) is 34.0. The van der Waals surface area contributed by atoms with Crippen molar-refractivity contribution in [2.24, 2.45) is 0 Å². The highest BCUT2D eigenvalue weighted by Gasteiger charge is 2.22. The number of aromatic nitrogens is 2. The monoisotopic (exact) mass is 340 g/mol. The Hall–Kier alpha value is -2.80. The minimum absolute atomic E-state index is 0.0457. The van der Waals surface area contributed by atoms with Gasteiger partial charge >= 0.3 is 0 Å². The number of hydrogen-bond acceptors (Lipinski definition) is 5. The molecule has 0 aliphatic carbocycles. The third-order valence-electron chi connectivity index (χ3n) is 4.04. The van der Waals surface area contributed by atoms with E-state index in [-0.39, 0.29) is 24.8 Å². The molecule has 0 saturated heterocycles. The predicted molar refractivity (Wildman–Crippen MR) is 93.4 cm³/mol. The lowest BCUT2D eigenvalue weighted by Crippen LogP contribution is -2.37. The molecule has 2 heterocycles. The first kappa shape index (κ1) is 17.0. The first-order chi connectivity index (χ1) is 12.2. The zero-order valence-corrected chi connectivity index (χ0v) is 14.1. The lowest BCUT2D eigenvalue weighted by molar-refractivity contribution is -0.122. The van der Waals surface area contributed by atoms with Crippen LogP contribution in [0.5, 0.6) is 0 Å². The van der Waals surface area contributed by atoms with Gasteiger partial charge in [0.1, 0.15) is 12.9 Å². The SMILES string of the molecule is COCC(=O)N1CCCc2ccc(NC(=O)Cc3cncnc3)cc21. The Morgan fingerprint density at radius 3 is 2.84 bits per heavy atom. The molecule has 0 atom stereocenters. The molecule has 1 N–H and O–H groups in total. The summed E-state index contributed by atoms with van der Waals surface area (Å²) in [6.45, 7) is 0.706. The summed E-state index contributed by atoms with van der Waals surface area (Å²) in [5, 5.41) is 2.87. The number of carbonyl (C=O) groups excluding carboxylic acids is 2. The summed E-state index contributed by atoms with van der Waals surface area (Å²) < 4.78 is 4.96. The Morgan fingerprint density at radius 2 is 2.08 bits per heavy atom. The van der Waals surface area contributed by atoms with E-state index in [1.54, 1.807) is 17.3 Å². The molecular formula is C18H20N4O3. The molecule has 0 fully saturated rings. The summed E-state index contributed by atoms with van der Waals surface area (Å²) in [5.41, 5.74) is 3.35. The molecule has 3 rings (SSSR count). The minimum atomic E-state index is -0.152. The first-order valence-electron chi connectivity index (χ1n) is 8.13. The summed E-state index contributed by atoms with van der Waals surface area (Å²) in [7, 11) is 1.51. The molecule has 1 aliphatic rings. The predicted octanol–water partition coefficient (Wildman–Crippen LogP) is 1.58. The number of carbonyl (C=O) groups is 2. The Balaban J connectivity index is 1.74. The van der Waals surface area contributed by atoms with Crippen molar-refractivity contribution in [2.45, 2.75) is 19.3 Å². The lowest BCUT2D eigenvalue weighted by atomic mass is 10.0. The summed E-state index contributed by atoms with van der Waals surface area (Å²) >= 11 is 0. The van der Waals surface area contributed by atoms with Crippen LogP contribution in [-0.4, -0.2) is 42.0 Å². The fourth-order valence-corrected chi connectivity index (χ4v) is 2.92. The first-order valence-corrected chi connectivity index (χ1v) is 8.13. The highest BCUT2D eigenvalue weighted by molar-refractivity contribution is 5.97. The van der Waals surface area contributed by atoms with E-state index in [9.17, 15) is 9.59 Å². The van der Waals surface area contributed by atoms with Crippen molar-refractivity contribution >= 4 is 23.2 Å². The van der Waals surface area contributed by atoms with Crippen molar-refractivity contribution in [1.29, 1.82) is 0 Å². The van der Waals surface area contributed by atoms with Crippen molar-refractivity contribution in [3.63, 3.8) is 0 Å². The second-order valence-corrected chi connectivity index (χ2v) is 5.90. The Kier molecular flexibility index (Phi) is 5.35. The van der Waals surface area contributed by atoms with Crippen LogP contribution in [0.4, 0.5) is 11.4 Å². The molecule has 7 nitrogen and oxygen atoms in total. The summed E-state index contributed by atoms with van der Waals surface area (Å²) in [6, 6.07) is 5.67. The van der Waals surface area contributed by atoms with E-state index in [0.29, 0.717) is 12.2 Å². The average Bonchev–Trinajstić information content (AvgIpc) is 2.62. The van der Waals surface area contributed by atoms with Gasteiger partial charge in [0.25, 0.3) is 5.91 Å². The topological polar surface area (TPSA) is 84.4 Å².